The van der Waals surface area contributed by atoms with Gasteiger partial charge in [-0.3, -0.25) is 0 Å². The van der Waals surface area contributed by atoms with Crippen molar-refractivity contribution in [3.05, 3.63) is 11.6 Å². The summed E-state index contributed by atoms with van der Waals surface area (Å²) in [5.74, 6) is 0. The summed E-state index contributed by atoms with van der Waals surface area (Å²) in [5, 5.41) is 3.79. The van der Waals surface area contributed by atoms with Crippen LogP contribution in [0.3, 0.4) is 0 Å². The zero-order valence-electron chi connectivity index (χ0n) is 12.4. The van der Waals surface area contributed by atoms with Crippen LogP contribution in [-0.2, 0) is 0 Å². The fourth-order valence-electron chi connectivity index (χ4n) is 4.13. The van der Waals surface area contributed by atoms with Crippen molar-refractivity contribution >= 4 is 0 Å². The average molecular weight is 247 g/mol. The largest absolute Gasteiger partial charge is 0.311 e. The van der Waals surface area contributed by atoms with Gasteiger partial charge in [0.25, 0.3) is 0 Å². The van der Waals surface area contributed by atoms with Crippen molar-refractivity contribution in [1.82, 2.24) is 5.32 Å². The zero-order valence-corrected chi connectivity index (χ0v) is 12.4. The Kier molecular flexibility index (Phi) is 2.89. The maximum Gasteiger partial charge on any atom is 0.00968 e. The summed E-state index contributed by atoms with van der Waals surface area (Å²) < 4.78 is 0. The second kappa shape index (κ2) is 4.10. The van der Waals surface area contributed by atoms with Crippen LogP contribution in [0.2, 0.25) is 0 Å². The molecule has 0 saturated heterocycles. The minimum Gasteiger partial charge on any atom is -0.311 e. The molecule has 0 aliphatic heterocycles. The lowest BCUT2D eigenvalue weighted by molar-refractivity contribution is 0.0609. The summed E-state index contributed by atoms with van der Waals surface area (Å²) in [4.78, 5) is 0. The number of hydrogen-bond acceptors (Lipinski definition) is 1. The first kappa shape index (κ1) is 12.7. The van der Waals surface area contributed by atoms with E-state index < -0.39 is 0 Å². The smallest absolute Gasteiger partial charge is 0.00968 e. The van der Waals surface area contributed by atoms with E-state index in [1.165, 1.54) is 57.9 Å². The normalized spacial score (nSPS) is 28.7. The molecule has 0 bridgehead atoms. The van der Waals surface area contributed by atoms with Crippen LogP contribution in [0.25, 0.3) is 0 Å². The molecular weight excluding hydrogens is 218 g/mol. The molecule has 2 fully saturated rings. The fraction of sp³-hybridized carbons (Fsp3) is 0.882. The van der Waals surface area contributed by atoms with Gasteiger partial charge in [0.1, 0.15) is 0 Å². The minimum absolute atomic E-state index is 0.258. The zero-order chi connectivity index (χ0) is 12.9. The molecule has 0 unspecified atom stereocenters. The van der Waals surface area contributed by atoms with Crippen molar-refractivity contribution in [2.75, 3.05) is 6.54 Å². The molecule has 3 aliphatic rings. The van der Waals surface area contributed by atoms with E-state index in [-0.39, 0.29) is 5.54 Å². The van der Waals surface area contributed by atoms with Gasteiger partial charge in [0.05, 0.1) is 0 Å². The molecule has 0 radical (unpaired) electrons. The third-order valence-electron chi connectivity index (χ3n) is 5.31. The first-order chi connectivity index (χ1) is 8.43. The topological polar surface area (TPSA) is 12.0 Å². The quantitative estimate of drug-likeness (QED) is 0.727. The Morgan fingerprint density at radius 2 is 1.89 bits per heavy atom. The summed E-state index contributed by atoms with van der Waals surface area (Å²) in [7, 11) is 0. The molecule has 0 amide bonds. The number of hydrogen-bond donors (Lipinski definition) is 1. The molecule has 0 aromatic rings. The van der Waals surface area contributed by atoms with Gasteiger partial charge in [-0.2, -0.15) is 0 Å². The monoisotopic (exact) mass is 247 g/mol. The highest BCUT2D eigenvalue weighted by Crippen LogP contribution is 2.71. The van der Waals surface area contributed by atoms with Crippen LogP contribution in [0.5, 0.6) is 0 Å². The van der Waals surface area contributed by atoms with Crippen LogP contribution in [0.15, 0.2) is 11.6 Å². The van der Waals surface area contributed by atoms with Crippen molar-refractivity contribution in [1.29, 1.82) is 0 Å². The van der Waals surface area contributed by atoms with Crippen molar-refractivity contribution in [2.45, 2.75) is 77.7 Å². The van der Waals surface area contributed by atoms with E-state index in [9.17, 15) is 0 Å². The Bertz CT molecular complexity index is 346. The molecule has 3 rings (SSSR count). The molecule has 0 heterocycles. The maximum absolute atomic E-state index is 3.79. The van der Waals surface area contributed by atoms with Gasteiger partial charge in [-0.05, 0) is 77.6 Å². The molecule has 0 aromatic heterocycles. The first-order valence-corrected chi connectivity index (χ1v) is 7.88. The van der Waals surface area contributed by atoms with E-state index in [4.69, 9.17) is 0 Å². The van der Waals surface area contributed by atoms with Crippen LogP contribution >= 0.6 is 0 Å². The lowest BCUT2D eigenvalue weighted by Gasteiger charge is -2.52. The molecular formula is C17H29N. The van der Waals surface area contributed by atoms with Crippen molar-refractivity contribution in [3.8, 4) is 0 Å². The highest BCUT2D eigenvalue weighted by Gasteiger charge is 2.61. The molecule has 102 valence electrons. The number of nitrogens with one attached hydrogen (secondary N) is 1. The Hall–Kier alpha value is -0.300. The maximum atomic E-state index is 3.79. The third kappa shape index (κ3) is 2.39. The van der Waals surface area contributed by atoms with E-state index in [1.54, 1.807) is 0 Å². The van der Waals surface area contributed by atoms with Gasteiger partial charge in [0.15, 0.2) is 0 Å². The molecule has 18 heavy (non-hydrogen) atoms. The summed E-state index contributed by atoms with van der Waals surface area (Å²) in [6.07, 6.45) is 14.1. The highest BCUT2D eigenvalue weighted by atomic mass is 15.0. The lowest BCUT2D eigenvalue weighted by Crippen LogP contribution is -2.51. The number of allylic oxidation sites excluding steroid dienone is 1. The fourth-order valence-corrected chi connectivity index (χ4v) is 4.13. The van der Waals surface area contributed by atoms with Gasteiger partial charge in [-0.1, -0.05) is 11.6 Å². The van der Waals surface area contributed by atoms with E-state index >= 15 is 0 Å². The molecule has 0 aromatic carbocycles. The van der Waals surface area contributed by atoms with Gasteiger partial charge < -0.3 is 5.32 Å². The number of rotatable bonds is 3. The predicted octanol–water partition coefficient (Wildman–Crippen LogP) is 4.44. The second-order valence-electron chi connectivity index (χ2n) is 8.21. The summed E-state index contributed by atoms with van der Waals surface area (Å²) in [6, 6.07) is 0. The van der Waals surface area contributed by atoms with Gasteiger partial charge in [-0.25, -0.2) is 0 Å². The first-order valence-electron chi connectivity index (χ1n) is 7.88. The molecule has 1 heteroatoms. The van der Waals surface area contributed by atoms with Crippen molar-refractivity contribution < 1.29 is 0 Å². The highest BCUT2D eigenvalue weighted by molar-refractivity contribution is 5.27. The molecule has 1 N–H and O–H groups in total. The van der Waals surface area contributed by atoms with Gasteiger partial charge in [0.2, 0.25) is 0 Å². The summed E-state index contributed by atoms with van der Waals surface area (Å²) in [5.41, 5.74) is 3.42. The lowest BCUT2D eigenvalue weighted by atomic mass is 9.54. The van der Waals surface area contributed by atoms with Crippen LogP contribution in [0.1, 0.15) is 72.1 Å². The van der Waals surface area contributed by atoms with Gasteiger partial charge >= 0.3 is 0 Å². The SMILES string of the molecule is CC(C)(C)NCC1(C2=CCCCC2)CC2(CC2)C1. The molecule has 1 nitrogen and oxygen atoms in total. The Labute approximate surface area is 112 Å². The Morgan fingerprint density at radius 3 is 2.39 bits per heavy atom. The van der Waals surface area contributed by atoms with Gasteiger partial charge in [-0.15, -0.1) is 0 Å². The Morgan fingerprint density at radius 1 is 1.17 bits per heavy atom. The van der Waals surface area contributed by atoms with Crippen LogP contribution in [0, 0.1) is 10.8 Å². The predicted molar refractivity (Wildman–Crippen MR) is 77.6 cm³/mol. The Balaban J connectivity index is 1.70. The van der Waals surface area contributed by atoms with Gasteiger partial charge in [0, 0.05) is 17.5 Å². The van der Waals surface area contributed by atoms with Crippen LogP contribution < -0.4 is 5.32 Å². The standard InChI is InChI=1S/C17H29N/c1-15(2,3)18-13-17(11-16(12-17)9-10-16)14-7-5-4-6-8-14/h7,18H,4-6,8-13H2,1-3H3. The molecule has 3 aliphatic carbocycles. The third-order valence-corrected chi connectivity index (χ3v) is 5.31. The van der Waals surface area contributed by atoms with E-state index in [2.05, 4.69) is 32.2 Å². The van der Waals surface area contributed by atoms with Crippen LogP contribution in [0.4, 0.5) is 0 Å². The van der Waals surface area contributed by atoms with E-state index in [1.807, 2.05) is 5.57 Å². The molecule has 1 spiro atoms. The van der Waals surface area contributed by atoms with Crippen LogP contribution in [-0.4, -0.2) is 12.1 Å². The van der Waals surface area contributed by atoms with E-state index in [0.29, 0.717) is 5.41 Å². The van der Waals surface area contributed by atoms with E-state index in [0.717, 1.165) is 5.41 Å². The second-order valence-corrected chi connectivity index (χ2v) is 8.21. The van der Waals surface area contributed by atoms with Crippen molar-refractivity contribution in [3.63, 3.8) is 0 Å². The molecule has 2 saturated carbocycles. The summed E-state index contributed by atoms with van der Waals surface area (Å²) >= 11 is 0. The van der Waals surface area contributed by atoms with Crippen molar-refractivity contribution in [2.24, 2.45) is 10.8 Å². The minimum atomic E-state index is 0.258. The molecule has 0 atom stereocenters. The average Bonchev–Trinajstić information content (AvgIpc) is 3.05. The summed E-state index contributed by atoms with van der Waals surface area (Å²) in [6.45, 7) is 8.09.